The molecule has 8 heteroatoms. The fourth-order valence-corrected chi connectivity index (χ4v) is 5.81. The van der Waals surface area contributed by atoms with Crippen molar-refractivity contribution in [1.82, 2.24) is 9.21 Å². The summed E-state index contributed by atoms with van der Waals surface area (Å²) in [4.78, 5) is 1.81. The second-order valence-electron chi connectivity index (χ2n) is 7.46. The van der Waals surface area contributed by atoms with Crippen LogP contribution in [0.25, 0.3) is 0 Å². The summed E-state index contributed by atoms with van der Waals surface area (Å²) < 4.78 is 53.6. The zero-order valence-electron chi connectivity index (χ0n) is 15.6. The molecule has 0 bridgehead atoms. The number of rotatable bonds is 5. The Bertz CT molecular complexity index is 748. The molecule has 0 aromatic heterocycles. The minimum absolute atomic E-state index is 0.126. The Morgan fingerprint density at radius 1 is 1.35 bits per heavy atom. The zero-order chi connectivity index (χ0) is 18.9. The molecule has 26 heavy (non-hydrogen) atoms. The Hall–Kier alpha value is -1.22. The van der Waals surface area contributed by atoms with Crippen LogP contribution in [0.1, 0.15) is 25.7 Å². The van der Waals surface area contributed by atoms with Crippen LogP contribution in [0.3, 0.4) is 0 Å². The number of ether oxygens (including phenoxy) is 2. The molecule has 1 saturated carbocycles. The number of benzene rings is 1. The van der Waals surface area contributed by atoms with E-state index in [4.69, 9.17) is 9.47 Å². The van der Waals surface area contributed by atoms with E-state index in [1.165, 1.54) is 23.5 Å². The molecule has 2 fully saturated rings. The summed E-state index contributed by atoms with van der Waals surface area (Å²) in [7, 11) is 1.26. The largest absolute Gasteiger partial charge is 0.495 e. The number of hydrogen-bond acceptors (Lipinski definition) is 5. The van der Waals surface area contributed by atoms with Gasteiger partial charge in [0.05, 0.1) is 25.4 Å². The molecule has 0 amide bonds. The average molecular weight is 386 g/mol. The highest BCUT2D eigenvalue weighted by molar-refractivity contribution is 7.89. The van der Waals surface area contributed by atoms with E-state index in [0.717, 1.165) is 31.7 Å². The summed E-state index contributed by atoms with van der Waals surface area (Å²) in [6.07, 6.45) is 3.78. The number of likely N-dealkylation sites (N-methyl/N-ethyl adjacent to an activating group) is 1. The lowest BCUT2D eigenvalue weighted by molar-refractivity contribution is -0.109. The number of halogens is 1. The summed E-state index contributed by atoms with van der Waals surface area (Å²) in [5.74, 6) is -0.445. The normalized spacial score (nSPS) is 23.7. The van der Waals surface area contributed by atoms with Crippen LogP contribution in [0.5, 0.6) is 5.75 Å². The second-order valence-corrected chi connectivity index (χ2v) is 9.32. The third kappa shape index (κ3) is 3.74. The Labute approximate surface area is 154 Å². The van der Waals surface area contributed by atoms with Crippen molar-refractivity contribution in [3.63, 3.8) is 0 Å². The number of nitrogens with zero attached hydrogens (tertiary/aromatic N) is 2. The third-order valence-corrected chi connectivity index (χ3v) is 7.16. The molecule has 0 radical (unpaired) electrons. The second kappa shape index (κ2) is 7.42. The summed E-state index contributed by atoms with van der Waals surface area (Å²) in [6.45, 7) is 1.18. The fraction of sp³-hybridized carbons (Fsp3) is 0.667. The third-order valence-electron chi connectivity index (χ3n) is 5.24. The standard InChI is InChI=1S/C18H27FN2O4S/c1-20(2)11-15-12-25-18(8-4-5-9-18)13-21(15)26(22,23)17-10-14(19)6-7-16(17)24-3/h6-7,10,15H,4-5,8-9,11-13H2,1-3H3. The lowest BCUT2D eigenvalue weighted by Crippen LogP contribution is -2.59. The smallest absolute Gasteiger partial charge is 0.247 e. The topological polar surface area (TPSA) is 59.1 Å². The van der Waals surface area contributed by atoms with Crippen LogP contribution in [0, 0.1) is 5.82 Å². The van der Waals surface area contributed by atoms with Gasteiger partial charge in [0, 0.05) is 13.1 Å². The lowest BCUT2D eigenvalue weighted by Gasteiger charge is -2.45. The molecule has 146 valence electrons. The molecular weight excluding hydrogens is 359 g/mol. The first-order valence-corrected chi connectivity index (χ1v) is 10.4. The van der Waals surface area contributed by atoms with Crippen molar-refractivity contribution in [2.24, 2.45) is 0 Å². The highest BCUT2D eigenvalue weighted by Gasteiger charge is 2.47. The molecule has 3 rings (SSSR count). The van der Waals surface area contributed by atoms with Crippen LogP contribution in [-0.4, -0.2) is 70.2 Å². The fourth-order valence-electron chi connectivity index (χ4n) is 3.96. The molecule has 0 N–H and O–H groups in total. The summed E-state index contributed by atoms with van der Waals surface area (Å²) >= 11 is 0. The number of methoxy groups -OCH3 is 1. The van der Waals surface area contributed by atoms with Crippen molar-refractivity contribution in [2.75, 3.05) is 40.9 Å². The molecule has 1 spiro atoms. The van der Waals surface area contributed by atoms with E-state index < -0.39 is 21.4 Å². The first-order valence-electron chi connectivity index (χ1n) is 8.91. The number of morpholine rings is 1. The maximum Gasteiger partial charge on any atom is 0.247 e. The van der Waals surface area contributed by atoms with Crippen LogP contribution in [-0.2, 0) is 14.8 Å². The summed E-state index contributed by atoms with van der Waals surface area (Å²) in [6, 6.07) is 3.27. The molecule has 1 aromatic carbocycles. The van der Waals surface area contributed by atoms with Crippen molar-refractivity contribution in [2.45, 2.75) is 42.2 Å². The zero-order valence-corrected chi connectivity index (χ0v) is 16.4. The average Bonchev–Trinajstić information content (AvgIpc) is 3.04. The van der Waals surface area contributed by atoms with Gasteiger partial charge in [-0.2, -0.15) is 4.31 Å². The van der Waals surface area contributed by atoms with Crippen LogP contribution < -0.4 is 4.74 Å². The molecule has 1 aliphatic heterocycles. The predicted molar refractivity (Wildman–Crippen MR) is 96.3 cm³/mol. The van der Waals surface area contributed by atoms with Crippen LogP contribution in [0.2, 0.25) is 0 Å². The predicted octanol–water partition coefficient (Wildman–Crippen LogP) is 2.10. The molecule has 2 aliphatic rings. The first-order chi connectivity index (χ1) is 12.3. The van der Waals surface area contributed by atoms with Gasteiger partial charge in [-0.25, -0.2) is 12.8 Å². The van der Waals surface area contributed by atoms with Crippen molar-refractivity contribution < 1.29 is 22.3 Å². The maximum absolute atomic E-state index is 13.8. The van der Waals surface area contributed by atoms with Gasteiger partial charge in [0.1, 0.15) is 16.5 Å². The van der Waals surface area contributed by atoms with Gasteiger partial charge < -0.3 is 14.4 Å². The molecule has 1 saturated heterocycles. The number of hydrogen-bond donors (Lipinski definition) is 0. The van der Waals surface area contributed by atoms with E-state index in [-0.39, 0.29) is 16.7 Å². The van der Waals surface area contributed by atoms with Gasteiger partial charge >= 0.3 is 0 Å². The molecule has 1 unspecified atom stereocenters. The molecule has 1 aliphatic carbocycles. The van der Waals surface area contributed by atoms with Crippen molar-refractivity contribution >= 4 is 10.0 Å². The molecule has 1 atom stereocenters. The van der Waals surface area contributed by atoms with E-state index in [2.05, 4.69) is 0 Å². The minimum atomic E-state index is -3.92. The summed E-state index contributed by atoms with van der Waals surface area (Å²) in [5, 5.41) is 0. The van der Waals surface area contributed by atoms with Crippen LogP contribution >= 0.6 is 0 Å². The molecular formula is C18H27FN2O4S. The van der Waals surface area contributed by atoms with Gasteiger partial charge in [-0.1, -0.05) is 12.8 Å². The van der Waals surface area contributed by atoms with Gasteiger partial charge in [-0.3, -0.25) is 0 Å². The lowest BCUT2D eigenvalue weighted by atomic mass is 9.99. The number of sulfonamides is 1. The van der Waals surface area contributed by atoms with Crippen LogP contribution in [0.4, 0.5) is 4.39 Å². The first kappa shape index (κ1) is 19.5. The van der Waals surface area contributed by atoms with E-state index in [0.29, 0.717) is 19.7 Å². The van der Waals surface area contributed by atoms with E-state index >= 15 is 0 Å². The van der Waals surface area contributed by atoms with Gasteiger partial charge in [0.2, 0.25) is 10.0 Å². The Morgan fingerprint density at radius 2 is 2.04 bits per heavy atom. The van der Waals surface area contributed by atoms with Gasteiger partial charge in [0.15, 0.2) is 0 Å². The van der Waals surface area contributed by atoms with E-state index in [1.54, 1.807) is 0 Å². The van der Waals surface area contributed by atoms with E-state index in [9.17, 15) is 12.8 Å². The van der Waals surface area contributed by atoms with Crippen molar-refractivity contribution in [1.29, 1.82) is 0 Å². The quantitative estimate of drug-likeness (QED) is 0.776. The van der Waals surface area contributed by atoms with Crippen molar-refractivity contribution in [3.8, 4) is 5.75 Å². The molecule has 1 aromatic rings. The van der Waals surface area contributed by atoms with Gasteiger partial charge in [-0.05, 0) is 45.1 Å². The molecule has 6 nitrogen and oxygen atoms in total. The Morgan fingerprint density at radius 3 is 2.65 bits per heavy atom. The Kier molecular flexibility index (Phi) is 5.58. The van der Waals surface area contributed by atoms with Gasteiger partial charge in [-0.15, -0.1) is 0 Å². The van der Waals surface area contributed by atoms with Crippen LogP contribution in [0.15, 0.2) is 23.1 Å². The SMILES string of the molecule is COc1ccc(F)cc1S(=O)(=O)N1CC2(CCCC2)OCC1CN(C)C. The Balaban J connectivity index is 2.01. The highest BCUT2D eigenvalue weighted by atomic mass is 32.2. The highest BCUT2D eigenvalue weighted by Crippen LogP contribution is 2.40. The molecule has 1 heterocycles. The monoisotopic (exact) mass is 386 g/mol. The summed E-state index contributed by atoms with van der Waals surface area (Å²) in [5.41, 5.74) is -0.420. The minimum Gasteiger partial charge on any atom is -0.495 e. The van der Waals surface area contributed by atoms with Crippen molar-refractivity contribution in [3.05, 3.63) is 24.0 Å². The maximum atomic E-state index is 13.8. The van der Waals surface area contributed by atoms with E-state index in [1.807, 2.05) is 19.0 Å². The van der Waals surface area contributed by atoms with Gasteiger partial charge in [0.25, 0.3) is 0 Å².